The van der Waals surface area contributed by atoms with E-state index in [1.807, 2.05) is 0 Å². The molecule has 0 atom stereocenters. The van der Waals surface area contributed by atoms with Gasteiger partial charge in [-0.25, -0.2) is 14.6 Å². The maximum atomic E-state index is 9.80. The fraction of sp³-hybridized carbons (Fsp3) is 0.933. The molecule has 0 amide bonds. The third-order valence-corrected chi connectivity index (χ3v) is 3.35. The Hall–Kier alpha value is -0.970. The number of carbonyl (C=O) groups is 1. The highest BCUT2D eigenvalue weighted by Gasteiger charge is 2.00. The second kappa shape index (κ2) is 20.1. The van der Waals surface area contributed by atoms with Gasteiger partial charge in [0.25, 0.3) is 0 Å². The van der Waals surface area contributed by atoms with E-state index in [2.05, 4.69) is 41.9 Å². The van der Waals surface area contributed by atoms with Gasteiger partial charge in [-0.2, -0.15) is 0 Å². The molecular formula is C15H30O9. The lowest BCUT2D eigenvalue weighted by Crippen LogP contribution is -2.05. The number of hydrogen-bond donors (Lipinski definition) is 1. The first kappa shape index (κ1) is 23.0. The van der Waals surface area contributed by atoms with E-state index in [0.29, 0.717) is 6.61 Å². The van der Waals surface area contributed by atoms with Crippen LogP contribution in [0.4, 0.5) is 4.79 Å². The Morgan fingerprint density at radius 1 is 0.667 bits per heavy atom. The Labute approximate surface area is 142 Å². The second-order valence-electron chi connectivity index (χ2n) is 5.40. The van der Waals surface area contributed by atoms with Crippen LogP contribution in [0.2, 0.25) is 0 Å². The van der Waals surface area contributed by atoms with Crippen molar-refractivity contribution >= 4 is 6.16 Å². The number of unbranched alkanes of at least 4 members (excludes halogenated alkanes) is 11. The number of hydrogen-bond acceptors (Lipinski definition) is 8. The summed E-state index contributed by atoms with van der Waals surface area (Å²) >= 11 is 0. The zero-order valence-corrected chi connectivity index (χ0v) is 14.4. The third-order valence-electron chi connectivity index (χ3n) is 3.35. The molecular weight excluding hydrogens is 324 g/mol. The molecule has 144 valence electrons. The lowest BCUT2D eigenvalue weighted by molar-refractivity contribution is -0.785. The van der Waals surface area contributed by atoms with E-state index >= 15 is 0 Å². The molecule has 0 saturated heterocycles. The van der Waals surface area contributed by atoms with E-state index in [1.165, 1.54) is 64.2 Å². The molecule has 0 aromatic heterocycles. The lowest BCUT2D eigenvalue weighted by Gasteiger charge is -2.03. The fourth-order valence-corrected chi connectivity index (χ4v) is 2.13. The maximum absolute atomic E-state index is 9.80. The minimum Gasteiger partial charge on any atom is -0.448 e. The van der Waals surface area contributed by atoms with Gasteiger partial charge < -0.3 is 5.11 Å². The summed E-state index contributed by atoms with van der Waals surface area (Å²) in [7, 11) is 0. The van der Waals surface area contributed by atoms with Crippen molar-refractivity contribution in [1.82, 2.24) is 0 Å². The van der Waals surface area contributed by atoms with Crippen molar-refractivity contribution in [1.29, 1.82) is 0 Å². The van der Waals surface area contributed by atoms with Gasteiger partial charge in [0.2, 0.25) is 0 Å². The Bertz CT molecular complexity index is 263. The van der Waals surface area contributed by atoms with Gasteiger partial charge in [-0.15, -0.1) is 0 Å². The Morgan fingerprint density at radius 3 is 1.67 bits per heavy atom. The van der Waals surface area contributed by atoms with Crippen LogP contribution in [-0.4, -0.2) is 17.9 Å². The van der Waals surface area contributed by atoms with E-state index in [1.54, 1.807) is 0 Å². The first-order valence-electron chi connectivity index (χ1n) is 8.63. The molecule has 0 bridgehead atoms. The van der Waals surface area contributed by atoms with Gasteiger partial charge in [-0.1, -0.05) is 77.6 Å². The maximum Gasteiger partial charge on any atom is 0.540 e. The minimum atomic E-state index is -1.71. The van der Waals surface area contributed by atoms with Crippen LogP contribution in [0, 0.1) is 0 Å². The summed E-state index contributed by atoms with van der Waals surface area (Å²) < 4.78 is 0. The van der Waals surface area contributed by atoms with Crippen LogP contribution in [0.1, 0.15) is 84.0 Å². The van der Waals surface area contributed by atoms with Crippen LogP contribution in [0.3, 0.4) is 0 Å². The first-order chi connectivity index (χ1) is 11.8. The molecule has 0 unspecified atom stereocenters. The first-order valence-corrected chi connectivity index (χ1v) is 8.63. The van der Waals surface area contributed by atoms with E-state index in [-0.39, 0.29) is 0 Å². The summed E-state index contributed by atoms with van der Waals surface area (Å²) in [6.45, 7) is 2.58. The van der Waals surface area contributed by atoms with Crippen molar-refractivity contribution in [2.24, 2.45) is 0 Å². The summed E-state index contributed by atoms with van der Waals surface area (Å²) in [5.74, 6) is 0. The van der Waals surface area contributed by atoms with E-state index in [4.69, 9.17) is 5.11 Å². The summed E-state index contributed by atoms with van der Waals surface area (Å²) in [5, 5.41) is 26.9. The smallest absolute Gasteiger partial charge is 0.448 e. The van der Waals surface area contributed by atoms with Crippen LogP contribution in [0.15, 0.2) is 0 Å². The summed E-state index contributed by atoms with van der Waals surface area (Å²) in [6.07, 6.45) is 13.3. The molecule has 0 aromatic rings. The molecule has 1 N–H and O–H groups in total. The van der Waals surface area contributed by atoms with E-state index < -0.39 is 6.16 Å². The average Bonchev–Trinajstić information content (AvgIpc) is 2.56. The molecule has 24 heavy (non-hydrogen) atoms. The van der Waals surface area contributed by atoms with Crippen molar-refractivity contribution < 1.29 is 44.9 Å². The predicted octanol–water partition coefficient (Wildman–Crippen LogP) is 4.97. The second-order valence-corrected chi connectivity index (χ2v) is 5.40. The highest BCUT2D eigenvalue weighted by atomic mass is 17.9. The topological polar surface area (TPSA) is 102 Å². The zero-order valence-electron chi connectivity index (χ0n) is 14.4. The molecule has 0 aromatic carbocycles. The average molecular weight is 354 g/mol. The normalized spacial score (nSPS) is 10.9. The molecule has 0 aliphatic rings. The van der Waals surface area contributed by atoms with Crippen LogP contribution in [0.5, 0.6) is 0 Å². The predicted molar refractivity (Wildman–Crippen MR) is 81.6 cm³/mol. The largest absolute Gasteiger partial charge is 0.540 e. The third kappa shape index (κ3) is 21.0. The van der Waals surface area contributed by atoms with Crippen molar-refractivity contribution in [2.75, 3.05) is 6.61 Å². The quantitative estimate of drug-likeness (QED) is 0.195. The van der Waals surface area contributed by atoms with Crippen molar-refractivity contribution in [3.05, 3.63) is 0 Å². The Morgan fingerprint density at radius 2 is 1.12 bits per heavy atom. The molecule has 0 spiro atoms. The molecule has 0 aliphatic heterocycles. The van der Waals surface area contributed by atoms with Crippen LogP contribution >= 0.6 is 0 Å². The molecule has 0 radical (unpaired) electrons. The molecule has 9 heteroatoms. The molecule has 0 rings (SSSR count). The standard InChI is InChI=1S/C15H30O9/c1-2-3-4-5-6-7-8-9-10-11-12-13-14-18-20-22-24-23-21-19-15(16)17/h2-14H2,1H3,(H,16,17). The van der Waals surface area contributed by atoms with Gasteiger partial charge in [0.1, 0.15) is 0 Å². The van der Waals surface area contributed by atoms with Gasteiger partial charge >= 0.3 is 6.16 Å². The van der Waals surface area contributed by atoms with Crippen LogP contribution < -0.4 is 0 Å². The molecule has 0 heterocycles. The monoisotopic (exact) mass is 354 g/mol. The Kier molecular flexibility index (Phi) is 19.3. The highest BCUT2D eigenvalue weighted by molar-refractivity contribution is 5.55. The lowest BCUT2D eigenvalue weighted by atomic mass is 10.1. The zero-order chi connectivity index (χ0) is 17.7. The van der Waals surface area contributed by atoms with Crippen LogP contribution in [-0.2, 0) is 35.0 Å². The van der Waals surface area contributed by atoms with Gasteiger partial charge in [0.15, 0.2) is 0 Å². The van der Waals surface area contributed by atoms with Crippen molar-refractivity contribution in [2.45, 2.75) is 84.0 Å². The van der Waals surface area contributed by atoms with Gasteiger partial charge in [0.05, 0.1) is 6.61 Å². The van der Waals surface area contributed by atoms with Gasteiger partial charge in [0, 0.05) is 15.1 Å². The van der Waals surface area contributed by atoms with Gasteiger partial charge in [-0.05, 0) is 16.5 Å². The van der Waals surface area contributed by atoms with Crippen LogP contribution in [0.25, 0.3) is 0 Å². The van der Waals surface area contributed by atoms with Crippen molar-refractivity contribution in [3.63, 3.8) is 0 Å². The van der Waals surface area contributed by atoms with E-state index in [9.17, 15) is 4.79 Å². The summed E-state index contributed by atoms with van der Waals surface area (Å²) in [4.78, 5) is 17.9. The molecule has 0 aliphatic carbocycles. The molecule has 0 fully saturated rings. The van der Waals surface area contributed by atoms with Crippen molar-refractivity contribution in [3.8, 4) is 0 Å². The number of rotatable bonds is 19. The minimum absolute atomic E-state index is 0.341. The summed E-state index contributed by atoms with van der Waals surface area (Å²) in [6, 6.07) is 0. The fourth-order valence-electron chi connectivity index (χ4n) is 2.13. The number of carboxylic acid groups (broad SMARTS) is 1. The molecule has 0 saturated carbocycles. The van der Waals surface area contributed by atoms with E-state index in [0.717, 1.165) is 12.8 Å². The van der Waals surface area contributed by atoms with Gasteiger partial charge in [-0.3, -0.25) is 0 Å². The summed E-state index contributed by atoms with van der Waals surface area (Å²) in [5.41, 5.74) is 0. The highest BCUT2D eigenvalue weighted by Crippen LogP contribution is 2.11. The SMILES string of the molecule is CCCCCCCCCCCCCCOOOOOOOC(=O)O. The Balaban J connectivity index is 2.97. The molecule has 9 nitrogen and oxygen atoms in total.